The number of fused-ring (bicyclic) bond motifs is 12. The van der Waals surface area contributed by atoms with Crippen LogP contribution < -0.4 is 0 Å². The Hall–Kier alpha value is -8.15. The third kappa shape index (κ3) is 5.25. The van der Waals surface area contributed by atoms with Crippen LogP contribution in [0.2, 0.25) is 0 Å². The monoisotopic (exact) mass is 791 g/mol. The van der Waals surface area contributed by atoms with Crippen molar-refractivity contribution in [1.29, 1.82) is 0 Å². The van der Waals surface area contributed by atoms with E-state index in [2.05, 4.69) is 179 Å². The number of benzene rings is 9. The summed E-state index contributed by atoms with van der Waals surface area (Å²) in [6.45, 7) is 0. The molecule has 0 aliphatic heterocycles. The Morgan fingerprint density at radius 3 is 1.42 bits per heavy atom. The summed E-state index contributed by atoms with van der Waals surface area (Å²) in [7, 11) is 0. The topological polar surface area (TPSA) is 48.5 Å². The summed E-state index contributed by atoms with van der Waals surface area (Å²) in [5.74, 6) is 2.00. The fraction of sp³-hybridized carbons (Fsp3) is 0.0351. The van der Waals surface area contributed by atoms with Crippen LogP contribution in [0.3, 0.4) is 0 Å². The van der Waals surface area contributed by atoms with Gasteiger partial charge < -0.3 is 4.57 Å². The van der Waals surface area contributed by atoms with E-state index in [1.807, 2.05) is 36.4 Å². The van der Waals surface area contributed by atoms with Crippen molar-refractivity contribution in [2.24, 2.45) is 0 Å². The maximum atomic E-state index is 5.21. The van der Waals surface area contributed by atoms with Crippen LogP contribution in [0.1, 0.15) is 17.9 Å². The fourth-order valence-electron chi connectivity index (χ4n) is 10.1. The quantitative estimate of drug-likeness (QED) is 0.163. The molecule has 5 nitrogen and oxygen atoms in total. The van der Waals surface area contributed by atoms with Gasteiger partial charge in [-0.2, -0.15) is 9.97 Å². The second kappa shape index (κ2) is 13.7. The van der Waals surface area contributed by atoms with Crippen molar-refractivity contribution in [3.63, 3.8) is 0 Å². The van der Waals surface area contributed by atoms with E-state index < -0.39 is 0 Å². The Balaban J connectivity index is 1.04. The van der Waals surface area contributed by atoms with Gasteiger partial charge in [-0.05, 0) is 80.7 Å². The molecule has 0 amide bonds. The van der Waals surface area contributed by atoms with E-state index in [1.165, 1.54) is 65.4 Å². The lowest BCUT2D eigenvalue weighted by Crippen LogP contribution is -2.10. The minimum absolute atomic E-state index is 0.142. The molecule has 0 bridgehead atoms. The summed E-state index contributed by atoms with van der Waals surface area (Å²) in [5, 5.41) is 12.4. The number of aromatic nitrogens is 5. The lowest BCUT2D eigenvalue weighted by molar-refractivity contribution is 0.832. The van der Waals surface area contributed by atoms with Gasteiger partial charge in [0.1, 0.15) is 0 Å². The Morgan fingerprint density at radius 2 is 0.839 bits per heavy atom. The first kappa shape index (κ1) is 34.7. The number of para-hydroxylation sites is 2. The lowest BCUT2D eigenvalue weighted by atomic mass is 9.86. The first-order chi connectivity index (χ1) is 30.8. The second-order valence-corrected chi connectivity index (χ2v) is 16.3. The van der Waals surface area contributed by atoms with Crippen LogP contribution >= 0.6 is 0 Å². The van der Waals surface area contributed by atoms with Crippen molar-refractivity contribution in [1.82, 2.24) is 24.1 Å². The Morgan fingerprint density at radius 1 is 0.371 bits per heavy atom. The van der Waals surface area contributed by atoms with Crippen LogP contribution in [0.4, 0.5) is 0 Å². The van der Waals surface area contributed by atoms with Gasteiger partial charge in [-0.15, -0.1) is 0 Å². The Bertz CT molecular complexity index is 3740. The molecule has 1 unspecified atom stereocenters. The molecule has 0 radical (unpaired) electrons. The predicted octanol–water partition coefficient (Wildman–Crippen LogP) is 14.5. The molecule has 12 aromatic rings. The molecular weight excluding hydrogens is 755 g/mol. The molecule has 0 saturated heterocycles. The molecule has 0 fully saturated rings. The molecule has 1 aliphatic rings. The summed E-state index contributed by atoms with van der Waals surface area (Å²) in [4.78, 5) is 15.4. The minimum atomic E-state index is 0.142. The average molecular weight is 792 g/mol. The second-order valence-electron chi connectivity index (χ2n) is 16.3. The number of hydrogen-bond donors (Lipinski definition) is 0. The van der Waals surface area contributed by atoms with Crippen LogP contribution in [-0.4, -0.2) is 24.1 Å². The van der Waals surface area contributed by atoms with Gasteiger partial charge in [0, 0.05) is 44.3 Å². The molecule has 5 heteroatoms. The molecular formula is C57H37N5. The zero-order valence-electron chi connectivity index (χ0n) is 33.7. The summed E-state index contributed by atoms with van der Waals surface area (Å²) in [5.41, 5.74) is 8.92. The van der Waals surface area contributed by atoms with E-state index in [0.717, 1.165) is 39.4 Å². The number of rotatable bonds is 5. The van der Waals surface area contributed by atoms with E-state index in [9.17, 15) is 0 Å². The largest absolute Gasteiger partial charge is 0.312 e. The number of hydrogen-bond acceptors (Lipinski definition) is 3. The van der Waals surface area contributed by atoms with Gasteiger partial charge >= 0.3 is 0 Å². The zero-order chi connectivity index (χ0) is 40.7. The van der Waals surface area contributed by atoms with Crippen molar-refractivity contribution in [3.05, 3.63) is 212 Å². The smallest absolute Gasteiger partial charge is 0.238 e. The normalized spacial score (nSPS) is 14.3. The van der Waals surface area contributed by atoms with E-state index in [0.29, 0.717) is 17.6 Å². The van der Waals surface area contributed by atoms with Gasteiger partial charge in [0.25, 0.3) is 0 Å². The first-order valence-electron chi connectivity index (χ1n) is 21.3. The highest BCUT2D eigenvalue weighted by atomic mass is 15.2. The van der Waals surface area contributed by atoms with Crippen LogP contribution in [0.25, 0.3) is 110 Å². The minimum Gasteiger partial charge on any atom is -0.312 e. The molecule has 0 N–H and O–H groups in total. The Labute approximate surface area is 357 Å². The summed E-state index contributed by atoms with van der Waals surface area (Å²) in [6, 6.07) is 67.5. The lowest BCUT2D eigenvalue weighted by Gasteiger charge is -2.25. The highest BCUT2D eigenvalue weighted by Gasteiger charge is 2.26. The molecule has 3 heterocycles. The van der Waals surface area contributed by atoms with Crippen LogP contribution in [0, 0.1) is 0 Å². The average Bonchev–Trinajstić information content (AvgIpc) is 3.85. The zero-order valence-corrected chi connectivity index (χ0v) is 33.7. The third-order valence-electron chi connectivity index (χ3n) is 12.9. The van der Waals surface area contributed by atoms with E-state index in [4.69, 9.17) is 15.0 Å². The molecule has 3 aromatic heterocycles. The third-order valence-corrected chi connectivity index (χ3v) is 12.9. The fourth-order valence-corrected chi connectivity index (χ4v) is 10.1. The molecule has 0 saturated carbocycles. The van der Waals surface area contributed by atoms with Crippen molar-refractivity contribution in [2.45, 2.75) is 12.3 Å². The molecule has 290 valence electrons. The van der Waals surface area contributed by atoms with Crippen molar-refractivity contribution < 1.29 is 0 Å². The van der Waals surface area contributed by atoms with Crippen molar-refractivity contribution in [3.8, 4) is 28.7 Å². The molecule has 1 atom stereocenters. The van der Waals surface area contributed by atoms with Crippen molar-refractivity contribution in [2.75, 3.05) is 0 Å². The molecule has 0 spiro atoms. The highest BCUT2D eigenvalue weighted by Crippen LogP contribution is 2.45. The van der Waals surface area contributed by atoms with Gasteiger partial charge in [-0.25, -0.2) is 4.98 Å². The van der Waals surface area contributed by atoms with Gasteiger partial charge in [0.15, 0.2) is 11.6 Å². The van der Waals surface area contributed by atoms with Gasteiger partial charge in [0.2, 0.25) is 5.95 Å². The Kier molecular flexibility index (Phi) is 7.66. The van der Waals surface area contributed by atoms with Crippen LogP contribution in [0.15, 0.2) is 206 Å². The standard InChI is InChI=1S/C57H37N5/c1-3-17-36(18-4-1)55-58-56(37-19-5-2-6-20-37)60-57(59-55)62-52-30-16-13-27-46(52)49-34-53-48(35-54(49)62)45-26-12-15-29-51(45)61(53)50-28-14-11-21-39(50)38-31-32-44-42-24-8-7-22-40(42)41-23-9-10-25-43(41)47(44)33-38/h1-20,22-35,39H,21H2. The van der Waals surface area contributed by atoms with Crippen molar-refractivity contribution >= 4 is 81.6 Å². The van der Waals surface area contributed by atoms with Gasteiger partial charge in [0.05, 0.1) is 22.1 Å². The number of nitrogens with zero attached hydrogens (tertiary/aromatic N) is 5. The van der Waals surface area contributed by atoms with Gasteiger partial charge in [-0.3, -0.25) is 4.57 Å². The van der Waals surface area contributed by atoms with Crippen LogP contribution in [0.5, 0.6) is 0 Å². The molecule has 9 aromatic carbocycles. The molecule has 62 heavy (non-hydrogen) atoms. The summed E-state index contributed by atoms with van der Waals surface area (Å²) in [6.07, 6.45) is 7.79. The van der Waals surface area contributed by atoms with E-state index >= 15 is 0 Å². The number of allylic oxidation sites excluding steroid dienone is 4. The summed E-state index contributed by atoms with van der Waals surface area (Å²) >= 11 is 0. The van der Waals surface area contributed by atoms with E-state index in [-0.39, 0.29) is 5.92 Å². The maximum absolute atomic E-state index is 5.21. The SMILES string of the molecule is C1=CCC(c2ccc3c4ccccc4c4ccccc4c3c2)C(n2c3ccccc3c3cc4c(cc32)c2ccccc2n4-c2nc(-c3ccccc3)nc(-c3ccccc3)n2)=C1. The van der Waals surface area contributed by atoms with Gasteiger partial charge in [-0.1, -0.05) is 170 Å². The molecule has 1 aliphatic carbocycles. The summed E-state index contributed by atoms with van der Waals surface area (Å²) < 4.78 is 4.75. The maximum Gasteiger partial charge on any atom is 0.238 e. The predicted molar refractivity (Wildman–Crippen MR) is 258 cm³/mol. The van der Waals surface area contributed by atoms with Crippen LogP contribution in [-0.2, 0) is 0 Å². The highest BCUT2D eigenvalue weighted by molar-refractivity contribution is 6.25. The first-order valence-corrected chi connectivity index (χ1v) is 21.3. The molecule has 13 rings (SSSR count). The van der Waals surface area contributed by atoms with E-state index in [1.54, 1.807) is 0 Å².